The summed E-state index contributed by atoms with van der Waals surface area (Å²) >= 11 is 0. The number of amides is 2. The topological polar surface area (TPSA) is 92.4 Å². The normalized spacial score (nSPS) is 11.1. The summed E-state index contributed by atoms with van der Waals surface area (Å²) in [5.74, 6) is -1.17. The van der Waals surface area contributed by atoms with Gasteiger partial charge in [-0.3, -0.25) is 0 Å². The van der Waals surface area contributed by atoms with Crippen LogP contribution in [0.1, 0.15) is 32.6 Å². The molecule has 0 aliphatic rings. The van der Waals surface area contributed by atoms with Crippen LogP contribution in [-0.4, -0.2) is 17.1 Å². The van der Waals surface area contributed by atoms with E-state index in [0.717, 1.165) is 19.3 Å². The fourth-order valence-electron chi connectivity index (χ4n) is 0.965. The highest BCUT2D eigenvalue weighted by molar-refractivity contribution is 5.91. The molecule has 0 unspecified atom stereocenters. The van der Waals surface area contributed by atoms with Crippen LogP contribution in [0.2, 0.25) is 0 Å². The van der Waals surface area contributed by atoms with Crippen LogP contribution < -0.4 is 11.1 Å². The Morgan fingerprint density at radius 3 is 2.50 bits per heavy atom. The zero-order valence-electron chi connectivity index (χ0n) is 8.25. The van der Waals surface area contributed by atoms with E-state index in [0.29, 0.717) is 6.42 Å². The van der Waals surface area contributed by atoms with E-state index in [2.05, 4.69) is 12.2 Å². The highest BCUT2D eigenvalue weighted by Gasteiger charge is 2.07. The fraction of sp³-hybridized carbons (Fsp3) is 0.556. The second kappa shape index (κ2) is 6.94. The first kappa shape index (κ1) is 12.5. The molecular weight excluding hydrogens is 184 g/mol. The van der Waals surface area contributed by atoms with Crippen LogP contribution in [0.5, 0.6) is 0 Å². The third-order valence-electron chi connectivity index (χ3n) is 1.64. The summed E-state index contributed by atoms with van der Waals surface area (Å²) < 4.78 is 0. The van der Waals surface area contributed by atoms with Gasteiger partial charge in [-0.15, -0.1) is 0 Å². The number of primary amides is 1. The number of carboxylic acid groups (broad SMARTS) is 1. The van der Waals surface area contributed by atoms with Crippen molar-refractivity contribution in [1.29, 1.82) is 0 Å². The Hall–Kier alpha value is -1.52. The Morgan fingerprint density at radius 1 is 1.43 bits per heavy atom. The monoisotopic (exact) mass is 200 g/mol. The highest BCUT2D eigenvalue weighted by Crippen LogP contribution is 2.02. The molecule has 0 bridgehead atoms. The smallest absolute Gasteiger partial charge is 0.352 e. The Morgan fingerprint density at radius 2 is 2.07 bits per heavy atom. The lowest BCUT2D eigenvalue weighted by atomic mass is 10.2. The van der Waals surface area contributed by atoms with Crippen molar-refractivity contribution >= 4 is 12.0 Å². The molecule has 0 saturated heterocycles. The van der Waals surface area contributed by atoms with E-state index in [9.17, 15) is 9.59 Å². The van der Waals surface area contributed by atoms with E-state index in [1.807, 2.05) is 0 Å². The van der Waals surface area contributed by atoms with Gasteiger partial charge in [0.25, 0.3) is 0 Å². The minimum Gasteiger partial charge on any atom is -0.477 e. The summed E-state index contributed by atoms with van der Waals surface area (Å²) in [5, 5.41) is 10.7. The summed E-state index contributed by atoms with van der Waals surface area (Å²) in [6.45, 7) is 2.06. The summed E-state index contributed by atoms with van der Waals surface area (Å²) in [5.41, 5.74) is 4.66. The molecule has 0 aromatic rings. The lowest BCUT2D eigenvalue weighted by molar-refractivity contribution is -0.133. The maximum Gasteiger partial charge on any atom is 0.352 e. The predicted molar refractivity (Wildman–Crippen MR) is 52.6 cm³/mol. The van der Waals surface area contributed by atoms with E-state index in [1.54, 1.807) is 0 Å². The van der Waals surface area contributed by atoms with E-state index in [4.69, 9.17) is 10.8 Å². The van der Waals surface area contributed by atoms with Crippen molar-refractivity contribution in [1.82, 2.24) is 5.32 Å². The zero-order chi connectivity index (χ0) is 11.0. The molecule has 0 spiro atoms. The molecule has 0 radical (unpaired) electrons. The molecule has 80 valence electrons. The van der Waals surface area contributed by atoms with Gasteiger partial charge in [-0.05, 0) is 12.8 Å². The van der Waals surface area contributed by atoms with Gasteiger partial charge in [-0.25, -0.2) is 9.59 Å². The van der Waals surface area contributed by atoms with Crippen LogP contribution in [0.15, 0.2) is 11.8 Å². The number of unbranched alkanes of at least 4 members (excludes halogenated alkanes) is 3. The Labute approximate surface area is 83.0 Å². The molecule has 0 fully saturated rings. The number of nitrogens with one attached hydrogen (secondary N) is 1. The molecule has 0 aromatic carbocycles. The van der Waals surface area contributed by atoms with Gasteiger partial charge in [-0.1, -0.05) is 25.8 Å². The van der Waals surface area contributed by atoms with Crippen LogP contribution in [0.25, 0.3) is 0 Å². The highest BCUT2D eigenvalue weighted by atomic mass is 16.4. The number of allylic oxidation sites excluding steroid dienone is 1. The second-order valence-electron chi connectivity index (χ2n) is 2.91. The fourth-order valence-corrected chi connectivity index (χ4v) is 0.965. The molecule has 0 saturated carbocycles. The molecule has 2 amide bonds. The Kier molecular flexibility index (Phi) is 6.19. The van der Waals surface area contributed by atoms with Crippen LogP contribution in [0.3, 0.4) is 0 Å². The van der Waals surface area contributed by atoms with Crippen LogP contribution >= 0.6 is 0 Å². The summed E-state index contributed by atoms with van der Waals surface area (Å²) in [6.07, 6.45) is 5.13. The number of nitrogens with two attached hydrogens (primary N) is 1. The molecule has 0 heterocycles. The Bertz CT molecular complexity index is 236. The van der Waals surface area contributed by atoms with Gasteiger partial charge in [0, 0.05) is 0 Å². The van der Waals surface area contributed by atoms with Crippen molar-refractivity contribution in [3.8, 4) is 0 Å². The van der Waals surface area contributed by atoms with Gasteiger partial charge >= 0.3 is 12.0 Å². The minimum absolute atomic E-state index is 0.145. The summed E-state index contributed by atoms with van der Waals surface area (Å²) in [6, 6.07) is -0.853. The van der Waals surface area contributed by atoms with Gasteiger partial charge in [0.05, 0.1) is 0 Å². The number of urea groups is 1. The van der Waals surface area contributed by atoms with E-state index in [1.165, 1.54) is 6.08 Å². The second-order valence-corrected chi connectivity index (χ2v) is 2.91. The van der Waals surface area contributed by atoms with E-state index in [-0.39, 0.29) is 5.70 Å². The average Bonchev–Trinajstić information content (AvgIpc) is 2.09. The molecule has 4 N–H and O–H groups in total. The van der Waals surface area contributed by atoms with Gasteiger partial charge in [0.2, 0.25) is 0 Å². The van der Waals surface area contributed by atoms with Crippen molar-refractivity contribution in [3.05, 3.63) is 11.8 Å². The lowest BCUT2D eigenvalue weighted by Gasteiger charge is -2.01. The van der Waals surface area contributed by atoms with E-state index >= 15 is 0 Å². The van der Waals surface area contributed by atoms with Crippen LogP contribution in [-0.2, 0) is 4.79 Å². The van der Waals surface area contributed by atoms with E-state index < -0.39 is 12.0 Å². The molecule has 14 heavy (non-hydrogen) atoms. The number of carbonyl (C=O) groups is 2. The van der Waals surface area contributed by atoms with Gasteiger partial charge in [0.15, 0.2) is 0 Å². The molecule has 0 aromatic heterocycles. The van der Waals surface area contributed by atoms with Crippen LogP contribution in [0.4, 0.5) is 4.79 Å². The molecule has 5 heteroatoms. The number of carbonyl (C=O) groups excluding carboxylic acids is 1. The maximum absolute atomic E-state index is 10.6. The van der Waals surface area contributed by atoms with Crippen molar-refractivity contribution in [2.24, 2.45) is 5.73 Å². The van der Waals surface area contributed by atoms with Crippen molar-refractivity contribution in [3.63, 3.8) is 0 Å². The number of hydrogen-bond donors (Lipinski definition) is 3. The zero-order valence-corrected chi connectivity index (χ0v) is 8.25. The first-order valence-electron chi connectivity index (χ1n) is 4.57. The summed E-state index contributed by atoms with van der Waals surface area (Å²) in [4.78, 5) is 21.0. The lowest BCUT2D eigenvalue weighted by Crippen LogP contribution is -2.32. The number of aliphatic carboxylic acids is 1. The number of carboxylic acids is 1. The quantitative estimate of drug-likeness (QED) is 0.444. The third kappa shape index (κ3) is 6.05. The predicted octanol–water partition coefficient (Wildman–Crippen LogP) is 1.20. The van der Waals surface area contributed by atoms with Gasteiger partial charge in [0.1, 0.15) is 5.70 Å². The largest absolute Gasteiger partial charge is 0.477 e. The van der Waals surface area contributed by atoms with Crippen LogP contribution in [0, 0.1) is 0 Å². The first-order chi connectivity index (χ1) is 6.57. The standard InChI is InChI=1S/C9H16N2O3/c1-2-3-4-5-6-7(8(12)13)11-9(10)14/h6H,2-5H2,1H3,(H,12,13)(H3,10,11,14). The third-order valence-corrected chi connectivity index (χ3v) is 1.64. The van der Waals surface area contributed by atoms with Crippen molar-refractivity contribution in [2.45, 2.75) is 32.6 Å². The SMILES string of the molecule is CCCCCC=C(NC(N)=O)C(=O)O. The number of hydrogen-bond acceptors (Lipinski definition) is 2. The van der Waals surface area contributed by atoms with Crippen molar-refractivity contribution in [2.75, 3.05) is 0 Å². The molecule has 0 rings (SSSR count). The molecule has 0 aliphatic carbocycles. The number of rotatable bonds is 6. The Balaban J connectivity index is 4.06. The maximum atomic E-state index is 10.6. The van der Waals surface area contributed by atoms with Gasteiger partial charge < -0.3 is 16.2 Å². The minimum atomic E-state index is -1.17. The summed E-state index contributed by atoms with van der Waals surface area (Å²) in [7, 11) is 0. The molecule has 0 aliphatic heterocycles. The van der Waals surface area contributed by atoms with Gasteiger partial charge in [-0.2, -0.15) is 0 Å². The molecule has 5 nitrogen and oxygen atoms in total. The van der Waals surface area contributed by atoms with Crippen molar-refractivity contribution < 1.29 is 14.7 Å². The molecule has 0 atom stereocenters. The molecular formula is C9H16N2O3. The first-order valence-corrected chi connectivity index (χ1v) is 4.57. The average molecular weight is 200 g/mol.